The monoisotopic (exact) mass is 362 g/mol. The third kappa shape index (κ3) is 2.80. The molecule has 0 radical (unpaired) electrons. The van der Waals surface area contributed by atoms with Crippen LogP contribution in [0.1, 0.15) is 23.0 Å². The van der Waals surface area contributed by atoms with E-state index in [4.69, 9.17) is 0 Å². The molecule has 2 heterocycles. The second-order valence-electron chi connectivity index (χ2n) is 5.50. The summed E-state index contributed by atoms with van der Waals surface area (Å²) in [6.07, 6.45) is 0. The number of aryl methyl sites for hydroxylation is 1. The lowest BCUT2D eigenvalue weighted by atomic mass is 10.2. The zero-order chi connectivity index (χ0) is 18.4. The van der Waals surface area contributed by atoms with Gasteiger partial charge < -0.3 is 0 Å². The molecule has 9 nitrogen and oxygen atoms in total. The molecule has 2 amide bonds. The van der Waals surface area contributed by atoms with Gasteiger partial charge in [-0.15, -0.1) is 0 Å². The predicted octanol–water partition coefficient (Wildman–Crippen LogP) is 0.250. The summed E-state index contributed by atoms with van der Waals surface area (Å²) in [6.45, 7) is 2.85. The number of hydrogen-bond donors (Lipinski definition) is 2. The first-order valence-corrected chi connectivity index (χ1v) is 8.72. The molecule has 10 heteroatoms. The fourth-order valence-electron chi connectivity index (χ4n) is 2.55. The van der Waals surface area contributed by atoms with Crippen LogP contribution in [-0.4, -0.2) is 40.5 Å². The quantitative estimate of drug-likeness (QED) is 0.805. The number of nitrogens with one attached hydrogen (secondary N) is 2. The highest BCUT2D eigenvalue weighted by molar-refractivity contribution is 7.90. The third-order valence-corrected chi connectivity index (χ3v) is 5.61. The summed E-state index contributed by atoms with van der Waals surface area (Å²) in [5.41, 5.74) is -0.0686. The number of amides is 2. The van der Waals surface area contributed by atoms with Crippen LogP contribution in [0.3, 0.4) is 0 Å². The molecule has 0 spiro atoms. The summed E-state index contributed by atoms with van der Waals surface area (Å²) >= 11 is 0. The van der Waals surface area contributed by atoms with Crippen molar-refractivity contribution >= 4 is 27.8 Å². The van der Waals surface area contributed by atoms with Gasteiger partial charge in [-0.05, 0) is 26.0 Å². The van der Waals surface area contributed by atoms with Crippen LogP contribution in [0.4, 0.5) is 5.95 Å². The van der Waals surface area contributed by atoms with Gasteiger partial charge >= 0.3 is 0 Å². The molecule has 1 aromatic heterocycles. The average molecular weight is 362 g/mol. The highest BCUT2D eigenvalue weighted by Crippen LogP contribution is 2.31. The molecule has 2 aromatic rings. The summed E-state index contributed by atoms with van der Waals surface area (Å²) in [5, 5.41) is 2.32. The van der Waals surface area contributed by atoms with Crippen molar-refractivity contribution in [3.8, 4) is 0 Å². The number of carbonyl (C=O) groups is 2. The first kappa shape index (κ1) is 16.8. The molecule has 1 atom stereocenters. The number of hydrogen-bond acceptors (Lipinski definition) is 6. The SMILES string of the molecule is Cc1cc(=O)[nH]c(NC(=O)[C@@H](C)N2C(=O)c3ccccc3S2(=O)=O)n1. The van der Waals surface area contributed by atoms with Crippen LogP contribution in [-0.2, 0) is 14.8 Å². The van der Waals surface area contributed by atoms with Gasteiger partial charge in [0.25, 0.3) is 21.5 Å². The molecule has 0 bridgehead atoms. The smallest absolute Gasteiger partial charge is 0.269 e. The first-order valence-electron chi connectivity index (χ1n) is 7.28. The van der Waals surface area contributed by atoms with Crippen molar-refractivity contribution in [1.82, 2.24) is 14.3 Å². The Labute approximate surface area is 142 Å². The van der Waals surface area contributed by atoms with E-state index < -0.39 is 33.4 Å². The van der Waals surface area contributed by atoms with Crippen LogP contribution in [0.5, 0.6) is 0 Å². The fraction of sp³-hybridized carbons (Fsp3) is 0.200. The largest absolute Gasteiger partial charge is 0.294 e. The zero-order valence-corrected chi connectivity index (χ0v) is 14.1. The van der Waals surface area contributed by atoms with Crippen LogP contribution < -0.4 is 10.9 Å². The van der Waals surface area contributed by atoms with E-state index in [1.54, 1.807) is 13.0 Å². The third-order valence-electron chi connectivity index (χ3n) is 3.70. The number of fused-ring (bicyclic) bond motifs is 1. The van der Waals surface area contributed by atoms with Gasteiger partial charge in [-0.2, -0.15) is 0 Å². The molecule has 2 N–H and O–H groups in total. The van der Waals surface area contributed by atoms with Crippen molar-refractivity contribution in [2.45, 2.75) is 24.8 Å². The maximum Gasteiger partial charge on any atom is 0.269 e. The molecule has 0 saturated heterocycles. The van der Waals surface area contributed by atoms with E-state index in [0.717, 1.165) is 0 Å². The Bertz CT molecular complexity index is 1040. The number of rotatable bonds is 3. The molecule has 130 valence electrons. The molecule has 0 unspecified atom stereocenters. The van der Waals surface area contributed by atoms with Gasteiger partial charge in [0.05, 0.1) is 5.56 Å². The molecule has 25 heavy (non-hydrogen) atoms. The lowest BCUT2D eigenvalue weighted by Gasteiger charge is -2.22. The molecule has 1 aromatic carbocycles. The summed E-state index contributed by atoms with van der Waals surface area (Å²) in [5.74, 6) is -1.69. The van der Waals surface area contributed by atoms with E-state index in [0.29, 0.717) is 10.00 Å². The fourth-order valence-corrected chi connectivity index (χ4v) is 4.28. The molecular formula is C15H14N4O5S. The number of aromatic amines is 1. The van der Waals surface area contributed by atoms with Gasteiger partial charge in [0, 0.05) is 11.8 Å². The Morgan fingerprint density at radius 1 is 1.28 bits per heavy atom. The van der Waals surface area contributed by atoms with E-state index in [-0.39, 0.29) is 16.4 Å². The second kappa shape index (κ2) is 5.81. The van der Waals surface area contributed by atoms with Crippen molar-refractivity contribution in [2.75, 3.05) is 5.32 Å². The minimum atomic E-state index is -4.12. The number of H-pyrrole nitrogens is 1. The van der Waals surface area contributed by atoms with Crippen molar-refractivity contribution in [3.05, 3.63) is 51.9 Å². The molecule has 0 aliphatic carbocycles. The van der Waals surface area contributed by atoms with E-state index >= 15 is 0 Å². The number of nitrogens with zero attached hydrogens (tertiary/aromatic N) is 2. The number of aromatic nitrogens is 2. The second-order valence-corrected chi connectivity index (χ2v) is 7.29. The van der Waals surface area contributed by atoms with E-state index in [1.165, 1.54) is 31.2 Å². The summed E-state index contributed by atoms with van der Waals surface area (Å²) in [6, 6.07) is 5.66. The van der Waals surface area contributed by atoms with Crippen molar-refractivity contribution in [1.29, 1.82) is 0 Å². The normalized spacial score (nSPS) is 16.4. The molecule has 3 rings (SSSR count). The van der Waals surface area contributed by atoms with Gasteiger partial charge in [-0.1, -0.05) is 12.1 Å². The van der Waals surface area contributed by atoms with Gasteiger partial charge in [0.15, 0.2) is 0 Å². The van der Waals surface area contributed by atoms with E-state index in [1.807, 2.05) is 0 Å². The van der Waals surface area contributed by atoms with E-state index in [2.05, 4.69) is 15.3 Å². The van der Waals surface area contributed by atoms with Gasteiger partial charge in [-0.25, -0.2) is 17.7 Å². The molecule has 0 fully saturated rings. The van der Waals surface area contributed by atoms with Crippen LogP contribution in [0.15, 0.2) is 40.0 Å². The van der Waals surface area contributed by atoms with Gasteiger partial charge in [0.1, 0.15) is 10.9 Å². The highest BCUT2D eigenvalue weighted by atomic mass is 32.2. The summed E-state index contributed by atoms with van der Waals surface area (Å²) in [7, 11) is -4.12. The molecular weight excluding hydrogens is 348 g/mol. The number of carbonyl (C=O) groups excluding carboxylic acids is 2. The average Bonchev–Trinajstić information content (AvgIpc) is 2.73. The molecule has 0 saturated carbocycles. The Balaban J connectivity index is 1.91. The molecule has 1 aliphatic heterocycles. The maximum absolute atomic E-state index is 12.6. The molecule has 1 aliphatic rings. The number of sulfonamides is 1. The van der Waals surface area contributed by atoms with Gasteiger partial charge in [-0.3, -0.25) is 24.7 Å². The summed E-state index contributed by atoms with van der Waals surface area (Å²) in [4.78, 5) is 42.3. The van der Waals surface area contributed by atoms with Crippen LogP contribution in [0, 0.1) is 6.92 Å². The minimum Gasteiger partial charge on any atom is -0.294 e. The summed E-state index contributed by atoms with van der Waals surface area (Å²) < 4.78 is 25.6. The first-order chi connectivity index (χ1) is 11.7. The van der Waals surface area contributed by atoms with Crippen LogP contribution in [0.25, 0.3) is 0 Å². The Morgan fingerprint density at radius 3 is 2.60 bits per heavy atom. The standard InChI is InChI=1S/C15H14N4O5S/c1-8-7-12(20)17-15(16-8)18-13(21)9(2)19-14(22)10-5-3-4-6-11(10)25(19,23)24/h3-7,9H,1-2H3,(H2,16,17,18,20,21)/t9-/m1/s1. The lowest BCUT2D eigenvalue weighted by molar-refractivity contribution is -0.118. The predicted molar refractivity (Wildman–Crippen MR) is 87.5 cm³/mol. The van der Waals surface area contributed by atoms with Crippen molar-refractivity contribution in [2.24, 2.45) is 0 Å². The van der Waals surface area contributed by atoms with Gasteiger partial charge in [0.2, 0.25) is 11.9 Å². The van der Waals surface area contributed by atoms with E-state index in [9.17, 15) is 22.8 Å². The van der Waals surface area contributed by atoms with Crippen LogP contribution in [0.2, 0.25) is 0 Å². The zero-order valence-electron chi connectivity index (χ0n) is 13.3. The lowest BCUT2D eigenvalue weighted by Crippen LogP contribution is -2.45. The topological polar surface area (TPSA) is 129 Å². The number of anilines is 1. The van der Waals surface area contributed by atoms with Crippen LogP contribution >= 0.6 is 0 Å². The Hall–Kier alpha value is -3.01. The minimum absolute atomic E-state index is 0.0178. The van der Waals surface area contributed by atoms with Crippen molar-refractivity contribution < 1.29 is 18.0 Å². The number of benzene rings is 1. The van der Waals surface area contributed by atoms with Crippen molar-refractivity contribution in [3.63, 3.8) is 0 Å². The Morgan fingerprint density at radius 2 is 1.96 bits per heavy atom. The Kier molecular flexibility index (Phi) is 3.91. The maximum atomic E-state index is 12.6. The highest BCUT2D eigenvalue weighted by Gasteiger charge is 2.45.